The van der Waals surface area contributed by atoms with Gasteiger partial charge in [-0.05, 0) is 18.1 Å². The van der Waals surface area contributed by atoms with E-state index >= 15 is 0 Å². The summed E-state index contributed by atoms with van der Waals surface area (Å²) in [5.74, 6) is -1.38. The van der Waals surface area contributed by atoms with E-state index in [0.29, 0.717) is 22.7 Å². The maximum absolute atomic E-state index is 11.4. The molecular weight excluding hydrogens is 262 g/mol. The first-order chi connectivity index (χ1) is 9.07. The molecular formula is C15H22ClNO2. The minimum Gasteiger partial charge on any atom is -0.481 e. The second kappa shape index (κ2) is 8.05. The first-order valence-electron chi connectivity index (χ1n) is 6.84. The van der Waals surface area contributed by atoms with Gasteiger partial charge in [0, 0.05) is 0 Å². The minimum atomic E-state index is -0.829. The molecule has 1 unspecified atom stereocenters. The fraction of sp³-hybridized carbons (Fsp3) is 0.533. The largest absolute Gasteiger partial charge is 0.481 e. The number of anilines is 1. The third kappa shape index (κ3) is 4.75. The van der Waals surface area contributed by atoms with Crippen molar-refractivity contribution in [2.75, 3.05) is 5.73 Å². The summed E-state index contributed by atoms with van der Waals surface area (Å²) in [5, 5.41) is 9.77. The van der Waals surface area contributed by atoms with E-state index in [4.69, 9.17) is 17.3 Å². The molecule has 0 radical (unpaired) electrons. The van der Waals surface area contributed by atoms with Gasteiger partial charge in [0.1, 0.15) is 0 Å². The lowest BCUT2D eigenvalue weighted by Gasteiger charge is -2.15. The van der Waals surface area contributed by atoms with Gasteiger partial charge in [-0.25, -0.2) is 0 Å². The van der Waals surface area contributed by atoms with Crippen LogP contribution in [0.2, 0.25) is 5.02 Å². The van der Waals surface area contributed by atoms with Crippen molar-refractivity contribution in [2.45, 2.75) is 51.4 Å². The second-order valence-corrected chi connectivity index (χ2v) is 5.24. The van der Waals surface area contributed by atoms with Gasteiger partial charge in [-0.3, -0.25) is 4.79 Å². The molecule has 0 bridgehead atoms. The van der Waals surface area contributed by atoms with Gasteiger partial charge in [-0.15, -0.1) is 0 Å². The zero-order valence-electron chi connectivity index (χ0n) is 11.4. The van der Waals surface area contributed by atoms with E-state index in [1.165, 1.54) is 12.8 Å². The number of halogens is 1. The van der Waals surface area contributed by atoms with Crippen LogP contribution in [0.5, 0.6) is 0 Å². The second-order valence-electron chi connectivity index (χ2n) is 4.84. The molecule has 0 spiro atoms. The van der Waals surface area contributed by atoms with Gasteiger partial charge in [0.15, 0.2) is 0 Å². The highest BCUT2D eigenvalue weighted by Gasteiger charge is 2.22. The quantitative estimate of drug-likeness (QED) is 0.547. The Morgan fingerprint density at radius 1 is 1.32 bits per heavy atom. The van der Waals surface area contributed by atoms with E-state index in [2.05, 4.69) is 6.92 Å². The first kappa shape index (κ1) is 15.8. The molecule has 1 aromatic rings. The van der Waals surface area contributed by atoms with Crippen molar-refractivity contribution < 1.29 is 9.90 Å². The highest BCUT2D eigenvalue weighted by atomic mass is 35.5. The van der Waals surface area contributed by atoms with Crippen LogP contribution in [-0.2, 0) is 4.79 Å². The molecule has 0 aliphatic heterocycles. The highest BCUT2D eigenvalue weighted by Crippen LogP contribution is 2.32. The average molecular weight is 284 g/mol. The fourth-order valence-electron chi connectivity index (χ4n) is 2.22. The molecule has 0 aliphatic carbocycles. The van der Waals surface area contributed by atoms with E-state index in [9.17, 15) is 9.90 Å². The molecule has 0 heterocycles. The number of aliphatic carboxylic acids is 1. The summed E-state index contributed by atoms with van der Waals surface area (Å²) in [6.45, 7) is 2.16. The van der Waals surface area contributed by atoms with Gasteiger partial charge in [0.2, 0.25) is 0 Å². The first-order valence-corrected chi connectivity index (χ1v) is 7.22. The molecule has 0 saturated carbocycles. The SMILES string of the molecule is CCCCCCCC(C(=O)O)c1cccc(Cl)c1N. The molecule has 3 nitrogen and oxygen atoms in total. The van der Waals surface area contributed by atoms with Gasteiger partial charge in [-0.2, -0.15) is 0 Å². The van der Waals surface area contributed by atoms with Crippen molar-refractivity contribution in [2.24, 2.45) is 0 Å². The standard InChI is InChI=1S/C15H22ClNO2/c1-2-3-4-5-6-8-12(15(18)19)11-9-7-10-13(16)14(11)17/h7,9-10,12H,2-6,8,17H2,1H3,(H,18,19). The number of para-hydroxylation sites is 1. The van der Waals surface area contributed by atoms with Crippen LogP contribution >= 0.6 is 11.6 Å². The van der Waals surface area contributed by atoms with Gasteiger partial charge in [0.05, 0.1) is 16.6 Å². The molecule has 3 N–H and O–H groups in total. The van der Waals surface area contributed by atoms with E-state index in [1.807, 2.05) is 0 Å². The number of carbonyl (C=O) groups is 1. The molecule has 1 aromatic carbocycles. The van der Waals surface area contributed by atoms with Gasteiger partial charge < -0.3 is 10.8 Å². The van der Waals surface area contributed by atoms with E-state index in [0.717, 1.165) is 19.3 Å². The Kier molecular flexibility index (Phi) is 6.71. The van der Waals surface area contributed by atoms with Gasteiger partial charge >= 0.3 is 5.97 Å². The number of nitrogen functional groups attached to an aromatic ring is 1. The van der Waals surface area contributed by atoms with Crippen molar-refractivity contribution in [3.8, 4) is 0 Å². The van der Waals surface area contributed by atoms with E-state index < -0.39 is 11.9 Å². The Labute approximate surface area is 119 Å². The molecule has 4 heteroatoms. The number of unbranched alkanes of at least 4 members (excludes halogenated alkanes) is 4. The van der Waals surface area contributed by atoms with Crippen LogP contribution in [0, 0.1) is 0 Å². The summed E-state index contributed by atoms with van der Waals surface area (Å²) >= 11 is 5.95. The predicted molar refractivity (Wildman–Crippen MR) is 79.6 cm³/mol. The Morgan fingerprint density at radius 3 is 2.63 bits per heavy atom. The lowest BCUT2D eigenvalue weighted by Crippen LogP contribution is -2.13. The van der Waals surface area contributed by atoms with Crippen LogP contribution in [0.3, 0.4) is 0 Å². The maximum atomic E-state index is 11.4. The molecule has 106 valence electrons. The van der Waals surface area contributed by atoms with Crippen LogP contribution in [-0.4, -0.2) is 11.1 Å². The topological polar surface area (TPSA) is 63.3 Å². The maximum Gasteiger partial charge on any atom is 0.311 e. The molecule has 0 saturated heterocycles. The fourth-order valence-corrected chi connectivity index (χ4v) is 2.40. The molecule has 0 amide bonds. The number of carboxylic acids is 1. The van der Waals surface area contributed by atoms with Crippen molar-refractivity contribution in [3.63, 3.8) is 0 Å². The summed E-state index contributed by atoms with van der Waals surface area (Å²) < 4.78 is 0. The third-order valence-electron chi connectivity index (χ3n) is 3.36. The summed E-state index contributed by atoms with van der Waals surface area (Å²) in [6.07, 6.45) is 6.14. The molecule has 0 fully saturated rings. The van der Waals surface area contributed by atoms with Gasteiger partial charge in [-0.1, -0.05) is 62.8 Å². The van der Waals surface area contributed by atoms with E-state index in [1.54, 1.807) is 18.2 Å². The van der Waals surface area contributed by atoms with Crippen LogP contribution in [0.15, 0.2) is 18.2 Å². The Bertz CT molecular complexity index is 421. The third-order valence-corrected chi connectivity index (χ3v) is 3.69. The van der Waals surface area contributed by atoms with Crippen molar-refractivity contribution in [3.05, 3.63) is 28.8 Å². The summed E-state index contributed by atoms with van der Waals surface area (Å²) in [5.41, 5.74) is 6.91. The molecule has 0 aromatic heterocycles. The number of nitrogens with two attached hydrogens (primary N) is 1. The minimum absolute atomic E-state index is 0.394. The van der Waals surface area contributed by atoms with Crippen molar-refractivity contribution in [1.29, 1.82) is 0 Å². The number of rotatable bonds is 8. The summed E-state index contributed by atoms with van der Waals surface area (Å²) in [6, 6.07) is 5.19. The Morgan fingerprint density at radius 2 is 2.00 bits per heavy atom. The normalized spacial score (nSPS) is 12.3. The van der Waals surface area contributed by atoms with Crippen molar-refractivity contribution in [1.82, 2.24) is 0 Å². The molecule has 19 heavy (non-hydrogen) atoms. The lowest BCUT2D eigenvalue weighted by molar-refractivity contribution is -0.139. The number of benzene rings is 1. The lowest BCUT2D eigenvalue weighted by atomic mass is 9.92. The summed E-state index contributed by atoms with van der Waals surface area (Å²) in [7, 11) is 0. The van der Waals surface area contributed by atoms with Crippen LogP contribution in [0.25, 0.3) is 0 Å². The van der Waals surface area contributed by atoms with Crippen LogP contribution < -0.4 is 5.73 Å². The Hall–Kier alpha value is -1.22. The summed E-state index contributed by atoms with van der Waals surface area (Å²) in [4.78, 5) is 11.4. The smallest absolute Gasteiger partial charge is 0.311 e. The monoisotopic (exact) mass is 283 g/mol. The highest BCUT2D eigenvalue weighted by molar-refractivity contribution is 6.33. The van der Waals surface area contributed by atoms with E-state index in [-0.39, 0.29) is 0 Å². The predicted octanol–water partition coefficient (Wildman–Crippen LogP) is 4.45. The van der Waals surface area contributed by atoms with Gasteiger partial charge in [0.25, 0.3) is 0 Å². The average Bonchev–Trinajstić information content (AvgIpc) is 2.37. The molecule has 0 aliphatic rings. The zero-order valence-corrected chi connectivity index (χ0v) is 12.1. The van der Waals surface area contributed by atoms with Crippen LogP contribution in [0.4, 0.5) is 5.69 Å². The number of hydrogen-bond donors (Lipinski definition) is 2. The van der Waals surface area contributed by atoms with Crippen molar-refractivity contribution >= 4 is 23.3 Å². The molecule has 1 atom stereocenters. The number of carboxylic acid groups (broad SMARTS) is 1. The van der Waals surface area contributed by atoms with Crippen LogP contribution in [0.1, 0.15) is 56.9 Å². The number of hydrogen-bond acceptors (Lipinski definition) is 2. The molecule has 1 rings (SSSR count). The zero-order chi connectivity index (χ0) is 14.3. The Balaban J connectivity index is 2.67.